The lowest BCUT2D eigenvalue weighted by molar-refractivity contribution is 0.127. The Morgan fingerprint density at radius 2 is 0.527 bits per heavy atom. The molecule has 0 aliphatic heterocycles. The molecule has 0 bridgehead atoms. The maximum absolute atomic E-state index is 12.2. The minimum absolute atomic E-state index is 0.0328. The van der Waals surface area contributed by atoms with E-state index in [2.05, 4.69) is 274 Å². The van der Waals surface area contributed by atoms with Crippen LogP contribution in [0, 0.1) is 46.0 Å². The van der Waals surface area contributed by atoms with Crippen molar-refractivity contribution in [1.29, 1.82) is 0 Å². The number of aromatic hydroxyl groups is 5. The number of benzene rings is 12. The maximum Gasteiger partial charge on any atom is 0.206 e. The lowest BCUT2D eigenvalue weighted by Gasteiger charge is -2.48. The molecule has 2 aliphatic rings. The number of phenols is 5. The van der Waals surface area contributed by atoms with E-state index in [9.17, 15) is 28.8 Å². The largest absolute Gasteiger partial charge is 0.508 e. The van der Waals surface area contributed by atoms with Crippen LogP contribution in [0.5, 0.6) is 28.7 Å². The van der Waals surface area contributed by atoms with E-state index in [-0.39, 0.29) is 48.0 Å². The van der Waals surface area contributed by atoms with Crippen LogP contribution in [0.15, 0.2) is 301 Å². The van der Waals surface area contributed by atoms with Gasteiger partial charge in [-0.2, -0.15) is 0 Å². The minimum atomic E-state index is -3.48. The Labute approximate surface area is 669 Å². The Bertz CT molecular complexity index is 4820. The van der Waals surface area contributed by atoms with Gasteiger partial charge >= 0.3 is 0 Å². The van der Waals surface area contributed by atoms with Crippen molar-refractivity contribution in [3.05, 3.63) is 386 Å². The van der Waals surface area contributed by atoms with Crippen molar-refractivity contribution in [2.75, 3.05) is 0 Å². The summed E-state index contributed by atoms with van der Waals surface area (Å²) in [5, 5.41) is 47.5. The van der Waals surface area contributed by atoms with E-state index < -0.39 is 9.84 Å². The van der Waals surface area contributed by atoms with Crippen LogP contribution >= 0.6 is 0 Å². The summed E-state index contributed by atoms with van der Waals surface area (Å²) < 4.78 is 24.3. The quantitative estimate of drug-likeness (QED) is 0.0732. The van der Waals surface area contributed by atoms with E-state index in [0.29, 0.717) is 34.3 Å². The van der Waals surface area contributed by atoms with Crippen LogP contribution in [0.2, 0.25) is 0 Å². The van der Waals surface area contributed by atoms with Gasteiger partial charge in [-0.25, -0.2) is 8.42 Å². The highest BCUT2D eigenvalue weighted by Crippen LogP contribution is 2.54. The average molecular weight is 1510 g/mol. The number of hydrogen-bond donors (Lipinski definition) is 5. The topological polar surface area (TPSA) is 135 Å². The van der Waals surface area contributed by atoms with Gasteiger partial charge in [-0.3, -0.25) is 0 Å². The summed E-state index contributed by atoms with van der Waals surface area (Å²) in [7, 11) is -3.48. The molecule has 0 amide bonds. The third kappa shape index (κ3) is 20.1. The molecular formula is C104H118O7S. The lowest BCUT2D eigenvalue weighted by atomic mass is 9.55. The number of rotatable bonds is 14. The monoisotopic (exact) mass is 1510 g/mol. The van der Waals surface area contributed by atoms with E-state index in [1.165, 1.54) is 158 Å². The molecule has 582 valence electrons. The van der Waals surface area contributed by atoms with Gasteiger partial charge in [-0.1, -0.05) is 329 Å². The van der Waals surface area contributed by atoms with E-state index in [4.69, 9.17) is 5.11 Å². The number of phenolic OH excluding ortho intramolecular Hbond substituents is 5. The standard InChI is InChI=1S/2C25H28O.C22H28O.C19H22O.C13H12O3S/c1-18-6-8-19(9-7-18)24(2,3)20-10-12-21(13-11-20)25(4,5)22-14-16-23(26)17-15-22;1-18-9-11-19(12-10-18)24(2,3)21-7-6-8-22(17-21)25(4,5)20-13-15-23(26)16-14-20;1-16-5-7-18(8-6-16)22(19-9-11-20(23)12-10-19)14-17(2)13-21(3,4)15-22;1-15-5-7-16(8-6-15)19(13-3-2-4-14-19)17-9-11-18(20)12-10-17;1-10-2-6-12(7-3-10)17(15,16)13-8-4-11(14)5-9-13/h2*6-17,26H,1-5H3;5-12,17,23H,13-15H2,1-4H3;5-12,20H,2-4,13-14H2,1H3;2-9,14H,1H3. The molecule has 0 aromatic heterocycles. The molecule has 2 atom stereocenters. The summed E-state index contributed by atoms with van der Waals surface area (Å²) in [4.78, 5) is 0.438. The number of sulfone groups is 1. The van der Waals surface area contributed by atoms with Crippen LogP contribution in [0.3, 0.4) is 0 Å². The van der Waals surface area contributed by atoms with E-state index in [0.717, 1.165) is 12.0 Å². The number of hydrogen-bond acceptors (Lipinski definition) is 7. The highest BCUT2D eigenvalue weighted by molar-refractivity contribution is 7.91. The van der Waals surface area contributed by atoms with Crippen molar-refractivity contribution < 1.29 is 34.0 Å². The number of aryl methyl sites for hydroxylation is 5. The Hall–Kier alpha value is -10.4. The van der Waals surface area contributed by atoms with Crippen molar-refractivity contribution >= 4 is 9.84 Å². The first kappa shape index (κ1) is 84.0. The Morgan fingerprint density at radius 3 is 0.839 bits per heavy atom. The van der Waals surface area contributed by atoms with Crippen LogP contribution in [-0.4, -0.2) is 34.0 Å². The van der Waals surface area contributed by atoms with Gasteiger partial charge in [0.25, 0.3) is 0 Å². The molecule has 2 aliphatic carbocycles. The lowest BCUT2D eigenvalue weighted by Crippen LogP contribution is -2.41. The van der Waals surface area contributed by atoms with Gasteiger partial charge in [0.15, 0.2) is 0 Å². The van der Waals surface area contributed by atoms with E-state index in [1.807, 2.05) is 55.5 Å². The average Bonchev–Trinajstić information content (AvgIpc) is 0.747. The Balaban J connectivity index is 0.000000150. The fourth-order valence-corrected chi connectivity index (χ4v) is 18.1. The second-order valence-corrected chi connectivity index (χ2v) is 36.6. The van der Waals surface area contributed by atoms with E-state index in [1.54, 1.807) is 48.5 Å². The second-order valence-electron chi connectivity index (χ2n) is 34.7. The first-order valence-electron chi connectivity index (χ1n) is 39.7. The molecule has 112 heavy (non-hydrogen) atoms. The zero-order valence-corrected chi connectivity index (χ0v) is 69.7. The summed E-state index contributed by atoms with van der Waals surface area (Å²) in [6.45, 7) is 35.6. The summed E-state index contributed by atoms with van der Waals surface area (Å²) in [5.74, 6) is 2.04. The predicted molar refractivity (Wildman–Crippen MR) is 465 cm³/mol. The van der Waals surface area contributed by atoms with Gasteiger partial charge in [0.1, 0.15) is 28.7 Å². The van der Waals surface area contributed by atoms with Crippen LogP contribution in [0.4, 0.5) is 0 Å². The summed E-state index contributed by atoms with van der Waals surface area (Å²) in [5.41, 5.74) is 22.1. The summed E-state index contributed by atoms with van der Waals surface area (Å²) in [6, 6.07) is 96.5. The molecule has 12 aromatic carbocycles. The molecule has 7 nitrogen and oxygen atoms in total. The molecule has 0 heterocycles. The normalized spacial score (nSPS) is 16.1. The van der Waals surface area contributed by atoms with Gasteiger partial charge in [-0.15, -0.1) is 0 Å². The fourth-order valence-electron chi connectivity index (χ4n) is 16.8. The summed E-state index contributed by atoms with van der Waals surface area (Å²) >= 11 is 0. The van der Waals surface area contributed by atoms with E-state index >= 15 is 0 Å². The molecule has 2 unspecified atom stereocenters. The molecule has 0 radical (unpaired) electrons. The van der Waals surface area contributed by atoms with Gasteiger partial charge in [0, 0.05) is 32.5 Å². The van der Waals surface area contributed by atoms with Crippen LogP contribution in [-0.2, 0) is 42.3 Å². The van der Waals surface area contributed by atoms with Gasteiger partial charge in [0.2, 0.25) is 9.84 Å². The molecule has 0 spiro atoms. The third-order valence-corrected chi connectivity index (χ3v) is 25.8. The van der Waals surface area contributed by atoms with Gasteiger partial charge in [-0.05, 0) is 230 Å². The van der Waals surface area contributed by atoms with Crippen LogP contribution < -0.4 is 0 Å². The van der Waals surface area contributed by atoms with Crippen molar-refractivity contribution in [3.8, 4) is 28.7 Å². The Kier molecular flexibility index (Phi) is 26.3. The minimum Gasteiger partial charge on any atom is -0.508 e. The molecule has 12 aromatic rings. The molecule has 14 rings (SSSR count). The Morgan fingerprint density at radius 1 is 0.295 bits per heavy atom. The maximum atomic E-state index is 12.2. The fraction of sp³-hybridized carbons (Fsp3) is 0.308. The zero-order valence-electron chi connectivity index (χ0n) is 68.9. The first-order valence-corrected chi connectivity index (χ1v) is 41.2. The summed E-state index contributed by atoms with van der Waals surface area (Å²) in [6.07, 6.45) is 9.93. The van der Waals surface area contributed by atoms with Crippen LogP contribution in [0.25, 0.3) is 0 Å². The van der Waals surface area contributed by atoms with Gasteiger partial charge < -0.3 is 25.5 Å². The molecule has 0 saturated heterocycles. The SMILES string of the molecule is Cc1ccc(C(C)(C)c2ccc(C(C)(C)c3ccc(O)cc3)cc2)cc1.Cc1ccc(C(C)(C)c2cccc(C(C)(C)c3ccc(O)cc3)c2)cc1.Cc1ccc(C2(c3ccc(O)cc3)CC(C)CC(C)(C)C2)cc1.Cc1ccc(C2(c3ccc(O)cc3)CCCCC2)cc1.Cc1ccc(S(=O)(=O)c2ccc(O)cc2)cc1. The van der Waals surface area contributed by atoms with Crippen LogP contribution in [0.1, 0.15) is 222 Å². The van der Waals surface area contributed by atoms with Crippen molar-refractivity contribution in [1.82, 2.24) is 0 Å². The zero-order chi connectivity index (χ0) is 81.0. The van der Waals surface area contributed by atoms with Gasteiger partial charge in [0.05, 0.1) is 9.79 Å². The first-order chi connectivity index (χ1) is 52.9. The smallest absolute Gasteiger partial charge is 0.206 e. The predicted octanol–water partition coefficient (Wildman–Crippen LogP) is 26.0. The van der Waals surface area contributed by atoms with Crippen molar-refractivity contribution in [2.45, 2.75) is 204 Å². The molecule has 2 fully saturated rings. The molecule has 2 saturated carbocycles. The second kappa shape index (κ2) is 35.1. The third-order valence-electron chi connectivity index (χ3n) is 24.0. The molecular weight excluding hydrogens is 1390 g/mol. The molecule has 8 heteroatoms. The highest BCUT2D eigenvalue weighted by atomic mass is 32.2. The van der Waals surface area contributed by atoms with Crippen molar-refractivity contribution in [2.24, 2.45) is 11.3 Å². The highest BCUT2D eigenvalue weighted by Gasteiger charge is 2.45. The molecule has 5 N–H and O–H groups in total. The van der Waals surface area contributed by atoms with Crippen molar-refractivity contribution in [3.63, 3.8) is 0 Å².